The minimum Gasteiger partial charge on any atom is -0.255 e. The summed E-state index contributed by atoms with van der Waals surface area (Å²) in [6.07, 6.45) is 0. The van der Waals surface area contributed by atoms with Crippen LogP contribution < -0.4 is 0 Å². The molecule has 2 aromatic rings. The Morgan fingerprint density at radius 1 is 1.25 bits per heavy atom. The maximum Gasteiger partial charge on any atom is 0.103 e. The van der Waals surface area contributed by atoms with Gasteiger partial charge >= 0.3 is 0 Å². The molecule has 0 saturated carbocycles. The number of nitrogens with zero attached hydrogens (tertiary/aromatic N) is 2. The van der Waals surface area contributed by atoms with Crippen LogP contribution in [0.4, 0.5) is 0 Å². The van der Waals surface area contributed by atoms with Crippen LogP contribution in [-0.4, -0.2) is 9.97 Å². The van der Waals surface area contributed by atoms with Gasteiger partial charge in [0.25, 0.3) is 0 Å². The van der Waals surface area contributed by atoms with Crippen LogP contribution in [0.25, 0.3) is 10.2 Å². The van der Waals surface area contributed by atoms with E-state index in [9.17, 15) is 0 Å². The van der Waals surface area contributed by atoms with Crippen molar-refractivity contribution in [3.8, 4) is 0 Å². The van der Waals surface area contributed by atoms with Gasteiger partial charge in [0.2, 0.25) is 0 Å². The van der Waals surface area contributed by atoms with Crippen LogP contribution in [0.5, 0.6) is 0 Å². The zero-order valence-corrected chi connectivity index (χ0v) is 11.4. The van der Waals surface area contributed by atoms with Crippen molar-refractivity contribution in [1.29, 1.82) is 0 Å². The molecule has 0 saturated heterocycles. The predicted molar refractivity (Wildman–Crippen MR) is 70.2 cm³/mol. The number of rotatable bonds is 1. The van der Waals surface area contributed by atoms with Crippen molar-refractivity contribution in [3.05, 3.63) is 23.0 Å². The molecule has 0 amide bonds. The highest BCUT2D eigenvalue weighted by Crippen LogP contribution is 2.30. The van der Waals surface area contributed by atoms with Gasteiger partial charge in [-0.2, -0.15) is 0 Å². The molecule has 2 aromatic heterocycles. The van der Waals surface area contributed by atoms with Crippen LogP contribution >= 0.6 is 11.3 Å². The average Bonchev–Trinajstić information content (AvgIpc) is 2.61. The SMILES string of the molecule is CC(C)c1nc(C(C)(C)C)cc2scnc12. The topological polar surface area (TPSA) is 25.8 Å². The van der Waals surface area contributed by atoms with Crippen molar-refractivity contribution in [2.24, 2.45) is 0 Å². The highest BCUT2D eigenvalue weighted by molar-refractivity contribution is 7.16. The van der Waals surface area contributed by atoms with E-state index in [-0.39, 0.29) is 5.41 Å². The second-order valence-corrected chi connectivity index (χ2v) is 6.38. The molecule has 0 aliphatic carbocycles. The summed E-state index contributed by atoms with van der Waals surface area (Å²) < 4.78 is 1.25. The van der Waals surface area contributed by atoms with E-state index in [2.05, 4.69) is 45.7 Å². The zero-order valence-electron chi connectivity index (χ0n) is 10.5. The number of thiazole rings is 1. The Bertz CT molecular complexity index is 506. The van der Waals surface area contributed by atoms with Crippen molar-refractivity contribution in [2.75, 3.05) is 0 Å². The first-order chi connectivity index (χ1) is 7.39. The summed E-state index contributed by atoms with van der Waals surface area (Å²) in [6, 6.07) is 2.18. The summed E-state index contributed by atoms with van der Waals surface area (Å²) in [6.45, 7) is 11.0. The highest BCUT2D eigenvalue weighted by Gasteiger charge is 2.19. The van der Waals surface area contributed by atoms with Gasteiger partial charge in [0, 0.05) is 11.1 Å². The fourth-order valence-corrected chi connectivity index (χ4v) is 2.40. The van der Waals surface area contributed by atoms with Crippen LogP contribution in [0.15, 0.2) is 11.6 Å². The van der Waals surface area contributed by atoms with Gasteiger partial charge in [0.1, 0.15) is 5.52 Å². The summed E-state index contributed by atoms with van der Waals surface area (Å²) >= 11 is 1.70. The maximum absolute atomic E-state index is 4.79. The first kappa shape index (κ1) is 11.5. The van der Waals surface area contributed by atoms with Gasteiger partial charge in [-0.1, -0.05) is 34.6 Å². The lowest BCUT2D eigenvalue weighted by atomic mass is 9.91. The Morgan fingerprint density at radius 2 is 1.94 bits per heavy atom. The average molecular weight is 234 g/mol. The van der Waals surface area contributed by atoms with Crippen LogP contribution in [0, 0.1) is 0 Å². The monoisotopic (exact) mass is 234 g/mol. The number of fused-ring (bicyclic) bond motifs is 1. The molecule has 2 rings (SSSR count). The van der Waals surface area contributed by atoms with E-state index in [0.717, 1.165) is 16.9 Å². The molecule has 2 nitrogen and oxygen atoms in total. The molecule has 0 atom stereocenters. The third-order valence-electron chi connectivity index (χ3n) is 2.66. The second-order valence-electron chi connectivity index (χ2n) is 5.50. The molecule has 0 aliphatic rings. The summed E-state index contributed by atoms with van der Waals surface area (Å²) in [5.74, 6) is 0.423. The van der Waals surface area contributed by atoms with Gasteiger partial charge in [-0.25, -0.2) is 4.98 Å². The van der Waals surface area contributed by atoms with Crippen LogP contribution in [0.3, 0.4) is 0 Å². The minimum atomic E-state index is 0.0990. The van der Waals surface area contributed by atoms with Gasteiger partial charge in [0.15, 0.2) is 0 Å². The molecular weight excluding hydrogens is 216 g/mol. The molecule has 0 N–H and O–H groups in total. The van der Waals surface area contributed by atoms with Gasteiger partial charge in [-0.15, -0.1) is 11.3 Å². The van der Waals surface area contributed by atoms with Crippen LogP contribution in [-0.2, 0) is 5.41 Å². The van der Waals surface area contributed by atoms with Gasteiger partial charge < -0.3 is 0 Å². The molecule has 0 unspecified atom stereocenters. The lowest BCUT2D eigenvalue weighted by Gasteiger charge is -2.19. The normalized spacial score (nSPS) is 12.6. The lowest BCUT2D eigenvalue weighted by molar-refractivity contribution is 0.565. The first-order valence-corrected chi connectivity index (χ1v) is 6.52. The van der Waals surface area contributed by atoms with E-state index in [1.54, 1.807) is 11.3 Å². The van der Waals surface area contributed by atoms with Gasteiger partial charge in [0.05, 0.1) is 15.9 Å². The van der Waals surface area contributed by atoms with Gasteiger partial charge in [-0.05, 0) is 12.0 Å². The molecule has 0 fully saturated rings. The fourth-order valence-electron chi connectivity index (χ4n) is 1.68. The van der Waals surface area contributed by atoms with Crippen molar-refractivity contribution < 1.29 is 0 Å². The maximum atomic E-state index is 4.79. The molecule has 0 aliphatic heterocycles. The number of aromatic nitrogens is 2. The fraction of sp³-hybridized carbons (Fsp3) is 0.538. The summed E-state index contributed by atoms with van der Waals surface area (Å²) in [4.78, 5) is 9.21. The van der Waals surface area contributed by atoms with Crippen LogP contribution in [0.2, 0.25) is 0 Å². The zero-order chi connectivity index (χ0) is 11.9. The number of pyridine rings is 1. The number of hydrogen-bond donors (Lipinski definition) is 0. The first-order valence-electron chi connectivity index (χ1n) is 5.64. The Hall–Kier alpha value is -0.960. The predicted octanol–water partition coefficient (Wildman–Crippen LogP) is 4.11. The lowest BCUT2D eigenvalue weighted by Crippen LogP contribution is -2.14. The molecule has 2 heterocycles. The van der Waals surface area contributed by atoms with Crippen molar-refractivity contribution in [1.82, 2.24) is 9.97 Å². The smallest absolute Gasteiger partial charge is 0.103 e. The standard InChI is InChI=1S/C13H18N2S/c1-8(2)11-12-9(16-7-14-12)6-10(15-11)13(3,4)5/h6-8H,1-5H3. The minimum absolute atomic E-state index is 0.0990. The third-order valence-corrected chi connectivity index (χ3v) is 3.44. The Morgan fingerprint density at radius 3 is 2.50 bits per heavy atom. The molecule has 0 aromatic carbocycles. The number of hydrogen-bond acceptors (Lipinski definition) is 3. The molecule has 0 spiro atoms. The molecular formula is C13H18N2S. The van der Waals surface area contributed by atoms with E-state index < -0.39 is 0 Å². The van der Waals surface area contributed by atoms with E-state index in [1.165, 1.54) is 4.70 Å². The van der Waals surface area contributed by atoms with E-state index >= 15 is 0 Å². The van der Waals surface area contributed by atoms with E-state index in [4.69, 9.17) is 4.98 Å². The Kier molecular flexibility index (Phi) is 2.74. The third kappa shape index (κ3) is 1.96. The Labute approximate surface area is 101 Å². The Balaban J connectivity index is 2.71. The van der Waals surface area contributed by atoms with Gasteiger partial charge in [-0.3, -0.25) is 4.98 Å². The van der Waals surface area contributed by atoms with E-state index in [1.807, 2.05) is 5.51 Å². The molecule has 0 bridgehead atoms. The quantitative estimate of drug-likeness (QED) is 0.742. The highest BCUT2D eigenvalue weighted by atomic mass is 32.1. The summed E-state index contributed by atoms with van der Waals surface area (Å²) in [5, 5.41) is 0. The summed E-state index contributed by atoms with van der Waals surface area (Å²) in [5.41, 5.74) is 5.37. The van der Waals surface area contributed by atoms with E-state index in [0.29, 0.717) is 5.92 Å². The molecule has 3 heteroatoms. The molecule has 0 radical (unpaired) electrons. The molecule has 86 valence electrons. The molecule has 16 heavy (non-hydrogen) atoms. The van der Waals surface area contributed by atoms with Crippen LogP contribution in [0.1, 0.15) is 51.9 Å². The largest absolute Gasteiger partial charge is 0.255 e. The van der Waals surface area contributed by atoms with Crippen molar-refractivity contribution >= 4 is 21.6 Å². The van der Waals surface area contributed by atoms with Crippen molar-refractivity contribution in [3.63, 3.8) is 0 Å². The van der Waals surface area contributed by atoms with Crippen molar-refractivity contribution in [2.45, 2.75) is 46.0 Å². The second kappa shape index (κ2) is 3.81. The summed E-state index contributed by atoms with van der Waals surface area (Å²) in [7, 11) is 0.